The molecule has 2 aromatic rings. The minimum absolute atomic E-state index is 0.146. The molecule has 0 radical (unpaired) electrons. The molecule has 0 saturated heterocycles. The number of amidine groups is 1. The molecule has 0 bridgehead atoms. The Bertz CT molecular complexity index is 1320. The molecule has 4 nitrogen and oxygen atoms in total. The lowest BCUT2D eigenvalue weighted by Crippen LogP contribution is -2.41. The summed E-state index contributed by atoms with van der Waals surface area (Å²) in [7, 11) is -0.421. The first-order valence-electron chi connectivity index (χ1n) is 22.5. The van der Waals surface area contributed by atoms with E-state index >= 15 is 0 Å². The number of para-hydroxylation sites is 2. The number of aryl methyl sites for hydroxylation is 4. The van der Waals surface area contributed by atoms with Crippen molar-refractivity contribution in [1.29, 1.82) is 0 Å². The van der Waals surface area contributed by atoms with Crippen LogP contribution in [0.1, 0.15) is 170 Å². The van der Waals surface area contributed by atoms with E-state index in [1.165, 1.54) is 187 Å². The van der Waals surface area contributed by atoms with Crippen LogP contribution in [-0.2, 0) is 0 Å². The van der Waals surface area contributed by atoms with Crippen molar-refractivity contribution < 1.29 is 0 Å². The number of hydrogen-bond acceptors (Lipinski definition) is 3. The Morgan fingerprint density at radius 2 is 1.00 bits per heavy atom. The average molecular weight is 759 g/mol. The second kappa shape index (κ2) is 21.7. The third-order valence-corrected chi connectivity index (χ3v) is 20.4. The summed E-state index contributed by atoms with van der Waals surface area (Å²) >= 11 is 0. The molecule has 4 fully saturated rings. The molecule has 2 aromatic carbocycles. The van der Waals surface area contributed by atoms with Gasteiger partial charge in [0.05, 0.1) is 5.91 Å². The molecule has 0 spiro atoms. The molecule has 1 unspecified atom stereocenters. The second-order valence-corrected chi connectivity index (χ2v) is 23.0. The van der Waals surface area contributed by atoms with Crippen LogP contribution in [0.25, 0.3) is 0 Å². The highest BCUT2D eigenvalue weighted by Crippen LogP contribution is 2.59. The van der Waals surface area contributed by atoms with E-state index in [4.69, 9.17) is 4.99 Å². The van der Waals surface area contributed by atoms with Crippen molar-refractivity contribution in [2.45, 2.75) is 204 Å². The van der Waals surface area contributed by atoms with E-state index in [0.717, 1.165) is 35.7 Å². The molecule has 6 rings (SSSR count). The lowest BCUT2D eigenvalue weighted by molar-refractivity contribution is 0.476. The summed E-state index contributed by atoms with van der Waals surface area (Å²) in [4.78, 5) is 5.62. The molecule has 4 aliphatic rings. The number of rotatable bonds is 16. The summed E-state index contributed by atoms with van der Waals surface area (Å²) in [5.74, 6) is 0.414. The Balaban J connectivity index is 1.14. The minimum Gasteiger partial charge on any atom is -0.366 e. The van der Waals surface area contributed by atoms with Crippen LogP contribution in [0.2, 0.25) is 0 Å². The molecule has 6 heteroatoms. The van der Waals surface area contributed by atoms with Gasteiger partial charge in [-0.2, -0.15) is 0 Å². The van der Waals surface area contributed by atoms with Gasteiger partial charge in [0.1, 0.15) is 5.58 Å². The third-order valence-electron chi connectivity index (χ3n) is 13.4. The molecule has 0 heterocycles. The zero-order valence-electron chi connectivity index (χ0n) is 34.4. The van der Waals surface area contributed by atoms with Crippen molar-refractivity contribution in [3.8, 4) is 0 Å². The van der Waals surface area contributed by atoms with E-state index in [1.807, 2.05) is 0 Å². The maximum atomic E-state index is 5.62. The molecule has 0 amide bonds. The van der Waals surface area contributed by atoms with Crippen LogP contribution in [0.5, 0.6) is 0 Å². The smallest absolute Gasteiger partial charge is 0.124 e. The lowest BCUT2D eigenvalue weighted by Gasteiger charge is -2.44. The SMILES string of the molecule is Cc1cccc(C)c1NC(=NCCCCCNC(Nc1c(C)cccc1C)P(C1CCCCC1)C1CCCCC1)P(C1CCCCC1)C1CCCCC1. The van der Waals surface area contributed by atoms with Gasteiger partial charge in [-0.3, -0.25) is 10.3 Å². The summed E-state index contributed by atoms with van der Waals surface area (Å²) in [5.41, 5.74) is 13.1. The van der Waals surface area contributed by atoms with Crippen LogP contribution < -0.4 is 16.0 Å². The Hall–Kier alpha value is -1.47. The predicted molar refractivity (Wildman–Crippen MR) is 238 cm³/mol. The van der Waals surface area contributed by atoms with Crippen molar-refractivity contribution in [2.75, 3.05) is 23.7 Å². The van der Waals surface area contributed by atoms with Gasteiger partial charge in [-0.25, -0.2) is 0 Å². The maximum Gasteiger partial charge on any atom is 0.124 e. The minimum atomic E-state index is -0.275. The van der Waals surface area contributed by atoms with E-state index in [0.29, 0.717) is 5.91 Å². The highest BCUT2D eigenvalue weighted by Gasteiger charge is 2.37. The van der Waals surface area contributed by atoms with Gasteiger partial charge < -0.3 is 10.6 Å². The summed E-state index contributed by atoms with van der Waals surface area (Å²) in [6.07, 6.45) is 32.4. The molecular formula is C47H76N4P2. The molecule has 0 aromatic heterocycles. The quantitative estimate of drug-likeness (QED) is 0.0525. The number of nitrogens with one attached hydrogen (secondary N) is 3. The van der Waals surface area contributed by atoms with Crippen molar-refractivity contribution in [1.82, 2.24) is 5.32 Å². The van der Waals surface area contributed by atoms with Crippen LogP contribution in [0.3, 0.4) is 0 Å². The van der Waals surface area contributed by atoms with Gasteiger partial charge in [-0.1, -0.05) is 128 Å². The van der Waals surface area contributed by atoms with Crippen molar-refractivity contribution in [3.63, 3.8) is 0 Å². The Morgan fingerprint density at radius 3 is 1.47 bits per heavy atom. The first kappa shape index (κ1) is 41.2. The van der Waals surface area contributed by atoms with Crippen molar-refractivity contribution >= 4 is 32.8 Å². The van der Waals surface area contributed by atoms with E-state index in [9.17, 15) is 0 Å². The Labute approximate surface area is 328 Å². The van der Waals surface area contributed by atoms with Gasteiger partial charge in [-0.15, -0.1) is 0 Å². The molecule has 4 aliphatic carbocycles. The molecule has 1 atom stereocenters. The first-order chi connectivity index (χ1) is 26.0. The largest absolute Gasteiger partial charge is 0.366 e. The highest BCUT2D eigenvalue weighted by atomic mass is 31.1. The van der Waals surface area contributed by atoms with E-state index in [2.05, 4.69) is 80.0 Å². The highest BCUT2D eigenvalue weighted by molar-refractivity contribution is 7.76. The number of nitrogens with zero attached hydrogens (tertiary/aromatic N) is 1. The van der Waals surface area contributed by atoms with Gasteiger partial charge in [0, 0.05) is 17.9 Å². The van der Waals surface area contributed by atoms with E-state index < -0.39 is 0 Å². The van der Waals surface area contributed by atoms with Crippen LogP contribution in [-0.4, -0.2) is 47.2 Å². The van der Waals surface area contributed by atoms with Crippen LogP contribution in [0, 0.1) is 27.7 Å². The van der Waals surface area contributed by atoms with Gasteiger partial charge in [0.25, 0.3) is 0 Å². The number of aliphatic imine (C=N–C) groups is 1. The Morgan fingerprint density at radius 1 is 0.566 bits per heavy atom. The summed E-state index contributed by atoms with van der Waals surface area (Å²) in [6, 6.07) is 13.6. The molecular weight excluding hydrogens is 682 g/mol. The Kier molecular flexibility index (Phi) is 16.9. The standard InChI is InChI=1S/C47H76N4P2/c1-36-22-20-23-37(2)44(36)50-46(52(40-26-10-5-11-27-40)41-28-12-6-13-29-41)48-34-18-9-19-35-49-47(51-45-38(3)24-21-25-39(45)4)53(42-30-14-7-15-31-42)43-32-16-8-17-33-43/h20-25,40-43,46,48,50H,5-19,26-35H2,1-4H3,(H,49,51). The maximum absolute atomic E-state index is 5.62. The zero-order chi connectivity index (χ0) is 36.8. The van der Waals surface area contributed by atoms with Crippen molar-refractivity contribution in [2.24, 2.45) is 4.99 Å². The van der Waals surface area contributed by atoms with Gasteiger partial charge >= 0.3 is 0 Å². The normalized spacial score (nSPS) is 21.0. The fourth-order valence-electron chi connectivity index (χ4n) is 10.4. The predicted octanol–water partition coefficient (Wildman–Crippen LogP) is 14.1. The zero-order valence-corrected chi connectivity index (χ0v) is 36.2. The molecule has 294 valence electrons. The molecule has 3 N–H and O–H groups in total. The van der Waals surface area contributed by atoms with Crippen LogP contribution >= 0.6 is 15.8 Å². The number of unbranched alkanes of at least 4 members (excludes halogenated alkanes) is 2. The van der Waals surface area contributed by atoms with Crippen molar-refractivity contribution in [3.05, 3.63) is 58.7 Å². The lowest BCUT2D eigenvalue weighted by atomic mass is 9.99. The van der Waals surface area contributed by atoms with Crippen LogP contribution in [0.15, 0.2) is 41.4 Å². The van der Waals surface area contributed by atoms with Gasteiger partial charge in [-0.05, 0) is 151 Å². The first-order valence-corrected chi connectivity index (χ1v) is 25.5. The number of benzene rings is 2. The third kappa shape index (κ3) is 11.8. The summed E-state index contributed by atoms with van der Waals surface area (Å²) < 4.78 is 0. The topological polar surface area (TPSA) is 48.5 Å². The summed E-state index contributed by atoms with van der Waals surface area (Å²) in [6.45, 7) is 11.2. The van der Waals surface area contributed by atoms with Crippen LogP contribution in [0.4, 0.5) is 11.4 Å². The fourth-order valence-corrected chi connectivity index (χ4v) is 18.0. The molecule has 53 heavy (non-hydrogen) atoms. The average Bonchev–Trinajstić information content (AvgIpc) is 3.19. The number of hydrogen-bond donors (Lipinski definition) is 3. The van der Waals surface area contributed by atoms with Gasteiger partial charge in [0.2, 0.25) is 0 Å². The molecule has 0 aliphatic heterocycles. The second-order valence-electron chi connectivity index (χ2n) is 17.4. The monoisotopic (exact) mass is 759 g/mol. The summed E-state index contributed by atoms with van der Waals surface area (Å²) in [5, 5.41) is 12.6. The number of anilines is 2. The van der Waals surface area contributed by atoms with E-state index in [1.54, 1.807) is 0 Å². The van der Waals surface area contributed by atoms with E-state index in [-0.39, 0.29) is 15.8 Å². The fraction of sp³-hybridized carbons (Fsp3) is 0.723. The molecule has 4 saturated carbocycles. The van der Waals surface area contributed by atoms with Gasteiger partial charge in [0.15, 0.2) is 0 Å².